The van der Waals surface area contributed by atoms with Crippen molar-refractivity contribution >= 4 is 15.7 Å². The van der Waals surface area contributed by atoms with E-state index in [-0.39, 0.29) is 11.3 Å². The van der Waals surface area contributed by atoms with Gasteiger partial charge < -0.3 is 5.32 Å². The maximum Gasteiger partial charge on any atom is 0.150 e. The minimum absolute atomic E-state index is 0.197. The standard InChI is InChI=1S/C12H18N2O2S/c1-17(15,16)11-6-4-5-10(9-11)14-12-7-2-3-8-13-12/h2-3,7-8,10-11H,4-6,9H2,1H3,(H,13,14)/t10-,11-/m0/s1. The Morgan fingerprint density at radius 2 is 2.18 bits per heavy atom. The minimum atomic E-state index is -2.91. The zero-order chi connectivity index (χ0) is 12.3. The molecule has 0 aliphatic heterocycles. The van der Waals surface area contributed by atoms with Crippen LogP contribution in [0.4, 0.5) is 5.82 Å². The van der Waals surface area contributed by atoms with Crippen LogP contribution in [0, 0.1) is 0 Å². The maximum absolute atomic E-state index is 11.5. The van der Waals surface area contributed by atoms with Crippen molar-refractivity contribution < 1.29 is 8.42 Å². The van der Waals surface area contributed by atoms with E-state index >= 15 is 0 Å². The summed E-state index contributed by atoms with van der Waals surface area (Å²) in [5.74, 6) is 0.826. The second-order valence-electron chi connectivity index (χ2n) is 4.67. The highest BCUT2D eigenvalue weighted by molar-refractivity contribution is 7.91. The van der Waals surface area contributed by atoms with Gasteiger partial charge in [0.25, 0.3) is 0 Å². The van der Waals surface area contributed by atoms with Crippen molar-refractivity contribution in [3.8, 4) is 0 Å². The second kappa shape index (κ2) is 5.04. The molecule has 0 saturated heterocycles. The molecule has 5 heteroatoms. The average Bonchev–Trinajstić information content (AvgIpc) is 2.29. The van der Waals surface area contributed by atoms with Gasteiger partial charge in [0, 0.05) is 18.5 Å². The number of hydrogen-bond acceptors (Lipinski definition) is 4. The van der Waals surface area contributed by atoms with Crippen LogP contribution in [0.15, 0.2) is 24.4 Å². The van der Waals surface area contributed by atoms with Crippen LogP contribution in [0.3, 0.4) is 0 Å². The molecule has 0 amide bonds. The number of anilines is 1. The Bertz CT molecular complexity index is 459. The summed E-state index contributed by atoms with van der Waals surface area (Å²) in [6.45, 7) is 0. The molecule has 17 heavy (non-hydrogen) atoms. The first kappa shape index (κ1) is 12.4. The fourth-order valence-electron chi connectivity index (χ4n) is 2.32. The fraction of sp³-hybridized carbons (Fsp3) is 0.583. The first-order valence-corrected chi connectivity index (χ1v) is 7.87. The normalized spacial score (nSPS) is 25.5. The Morgan fingerprint density at radius 3 is 2.82 bits per heavy atom. The second-order valence-corrected chi connectivity index (χ2v) is 7.00. The zero-order valence-corrected chi connectivity index (χ0v) is 10.8. The third-order valence-electron chi connectivity index (χ3n) is 3.25. The molecular weight excluding hydrogens is 236 g/mol. The highest BCUT2D eigenvalue weighted by atomic mass is 32.2. The van der Waals surface area contributed by atoms with Crippen LogP contribution in [0.1, 0.15) is 25.7 Å². The summed E-state index contributed by atoms with van der Waals surface area (Å²) in [6, 6.07) is 5.92. The predicted octanol–water partition coefficient (Wildman–Crippen LogP) is 1.85. The van der Waals surface area contributed by atoms with Gasteiger partial charge in [-0.3, -0.25) is 0 Å². The quantitative estimate of drug-likeness (QED) is 0.894. The van der Waals surface area contributed by atoms with Crippen molar-refractivity contribution in [3.05, 3.63) is 24.4 Å². The zero-order valence-electron chi connectivity index (χ0n) is 9.96. The van der Waals surface area contributed by atoms with E-state index in [0.717, 1.165) is 25.1 Å². The molecule has 1 N–H and O–H groups in total. The van der Waals surface area contributed by atoms with E-state index in [0.29, 0.717) is 6.42 Å². The van der Waals surface area contributed by atoms with Gasteiger partial charge in [0.05, 0.1) is 5.25 Å². The number of rotatable bonds is 3. The number of sulfone groups is 1. The van der Waals surface area contributed by atoms with E-state index in [4.69, 9.17) is 0 Å². The number of nitrogens with one attached hydrogen (secondary N) is 1. The summed E-state index contributed by atoms with van der Waals surface area (Å²) in [5.41, 5.74) is 0. The van der Waals surface area contributed by atoms with Gasteiger partial charge in [-0.25, -0.2) is 13.4 Å². The average molecular weight is 254 g/mol. The van der Waals surface area contributed by atoms with Gasteiger partial charge in [0.2, 0.25) is 0 Å². The Morgan fingerprint density at radius 1 is 1.35 bits per heavy atom. The minimum Gasteiger partial charge on any atom is -0.367 e. The fourth-order valence-corrected chi connectivity index (χ4v) is 3.50. The van der Waals surface area contributed by atoms with Crippen LogP contribution in [0.2, 0.25) is 0 Å². The molecule has 1 heterocycles. The van der Waals surface area contributed by atoms with Crippen LogP contribution in [-0.2, 0) is 9.84 Å². The van der Waals surface area contributed by atoms with Gasteiger partial charge in [-0.15, -0.1) is 0 Å². The molecule has 2 rings (SSSR count). The summed E-state index contributed by atoms with van der Waals surface area (Å²) in [4.78, 5) is 4.20. The molecule has 94 valence electrons. The summed E-state index contributed by atoms with van der Waals surface area (Å²) in [7, 11) is -2.91. The molecule has 2 atom stereocenters. The number of aromatic nitrogens is 1. The highest BCUT2D eigenvalue weighted by Crippen LogP contribution is 2.25. The van der Waals surface area contributed by atoms with E-state index in [9.17, 15) is 8.42 Å². The van der Waals surface area contributed by atoms with Gasteiger partial charge in [-0.05, 0) is 31.4 Å². The molecule has 0 spiro atoms. The number of nitrogens with zero attached hydrogens (tertiary/aromatic N) is 1. The van der Waals surface area contributed by atoms with E-state index in [1.807, 2.05) is 18.2 Å². The Hall–Kier alpha value is -1.10. The molecule has 1 saturated carbocycles. The molecular formula is C12H18N2O2S. The molecule has 1 aliphatic rings. The van der Waals surface area contributed by atoms with Crippen molar-refractivity contribution in [1.29, 1.82) is 0 Å². The third-order valence-corrected chi connectivity index (χ3v) is 4.89. The molecule has 1 aromatic heterocycles. The van der Waals surface area contributed by atoms with Crippen molar-refractivity contribution in [2.24, 2.45) is 0 Å². The Kier molecular flexibility index (Phi) is 3.66. The van der Waals surface area contributed by atoms with Gasteiger partial charge >= 0.3 is 0 Å². The molecule has 1 aromatic rings. The number of hydrogen-bond donors (Lipinski definition) is 1. The Labute approximate surface area is 102 Å². The summed E-state index contributed by atoms with van der Waals surface area (Å²) in [6.07, 6.45) is 6.53. The number of pyridine rings is 1. The van der Waals surface area contributed by atoms with Crippen LogP contribution in [0.5, 0.6) is 0 Å². The van der Waals surface area contributed by atoms with E-state index in [2.05, 4.69) is 10.3 Å². The predicted molar refractivity (Wildman–Crippen MR) is 68.7 cm³/mol. The van der Waals surface area contributed by atoms with E-state index in [1.165, 1.54) is 6.26 Å². The van der Waals surface area contributed by atoms with Crippen molar-refractivity contribution in [1.82, 2.24) is 4.98 Å². The molecule has 0 radical (unpaired) electrons. The molecule has 1 aliphatic carbocycles. The van der Waals surface area contributed by atoms with Crippen molar-refractivity contribution in [2.45, 2.75) is 37.0 Å². The first-order valence-electron chi connectivity index (χ1n) is 5.92. The summed E-state index contributed by atoms with van der Waals surface area (Å²) >= 11 is 0. The van der Waals surface area contributed by atoms with Crippen molar-refractivity contribution in [3.63, 3.8) is 0 Å². The molecule has 0 bridgehead atoms. The molecule has 0 unspecified atom stereocenters. The van der Waals surface area contributed by atoms with Gasteiger partial charge in [0.15, 0.2) is 0 Å². The smallest absolute Gasteiger partial charge is 0.150 e. The van der Waals surface area contributed by atoms with Crippen LogP contribution < -0.4 is 5.32 Å². The molecule has 1 fully saturated rings. The lowest BCUT2D eigenvalue weighted by Crippen LogP contribution is -2.34. The maximum atomic E-state index is 11.5. The van der Waals surface area contributed by atoms with Crippen LogP contribution >= 0.6 is 0 Å². The van der Waals surface area contributed by atoms with Crippen molar-refractivity contribution in [2.75, 3.05) is 11.6 Å². The van der Waals surface area contributed by atoms with Gasteiger partial charge in [0.1, 0.15) is 15.7 Å². The van der Waals surface area contributed by atoms with Gasteiger partial charge in [-0.1, -0.05) is 12.5 Å². The summed E-state index contributed by atoms with van der Waals surface area (Å²) in [5, 5.41) is 3.11. The molecule has 0 aromatic carbocycles. The first-order chi connectivity index (χ1) is 8.05. The van der Waals surface area contributed by atoms with E-state index in [1.54, 1.807) is 6.20 Å². The lowest BCUT2D eigenvalue weighted by Gasteiger charge is -2.28. The van der Waals surface area contributed by atoms with Gasteiger partial charge in [-0.2, -0.15) is 0 Å². The lowest BCUT2D eigenvalue weighted by atomic mass is 9.95. The monoisotopic (exact) mass is 254 g/mol. The topological polar surface area (TPSA) is 59.1 Å². The SMILES string of the molecule is CS(=O)(=O)[C@H]1CCC[C@H](Nc2ccccn2)C1. The van der Waals surface area contributed by atoms with E-state index < -0.39 is 9.84 Å². The Balaban J connectivity index is 1.99. The van der Waals surface area contributed by atoms with Crippen LogP contribution in [-0.4, -0.2) is 30.9 Å². The largest absolute Gasteiger partial charge is 0.367 e. The third kappa shape index (κ3) is 3.43. The van der Waals surface area contributed by atoms with Crippen LogP contribution in [0.25, 0.3) is 0 Å². The molecule has 4 nitrogen and oxygen atoms in total. The highest BCUT2D eigenvalue weighted by Gasteiger charge is 2.28. The summed E-state index contributed by atoms with van der Waals surface area (Å²) < 4.78 is 23.1. The lowest BCUT2D eigenvalue weighted by molar-refractivity contribution is 0.452.